The van der Waals surface area contributed by atoms with Crippen LogP contribution < -0.4 is 10.1 Å². The Kier molecular flexibility index (Phi) is 5.82. The van der Waals surface area contributed by atoms with Crippen LogP contribution in [0.15, 0.2) is 53.8 Å². The maximum atomic E-state index is 12.3. The van der Waals surface area contributed by atoms with E-state index in [2.05, 4.69) is 25.6 Å². The number of rotatable bonds is 6. The number of halogens is 1. The first-order chi connectivity index (χ1) is 14.5. The van der Waals surface area contributed by atoms with Crippen molar-refractivity contribution in [3.8, 4) is 11.4 Å². The Hall–Kier alpha value is -3.17. The molecule has 0 fully saturated rings. The molecule has 1 amide bonds. The summed E-state index contributed by atoms with van der Waals surface area (Å²) in [4.78, 5) is 20.9. The molecule has 10 heteroatoms. The molecule has 0 unspecified atom stereocenters. The van der Waals surface area contributed by atoms with Gasteiger partial charge in [0.2, 0.25) is 5.91 Å². The molecule has 0 atom stereocenters. The van der Waals surface area contributed by atoms with Crippen molar-refractivity contribution < 1.29 is 9.53 Å². The summed E-state index contributed by atoms with van der Waals surface area (Å²) >= 11 is 7.37. The number of thioether (sulfide) groups is 1. The number of amides is 1. The van der Waals surface area contributed by atoms with E-state index in [0.29, 0.717) is 32.6 Å². The molecule has 8 nitrogen and oxygen atoms in total. The van der Waals surface area contributed by atoms with Gasteiger partial charge < -0.3 is 10.1 Å². The molecule has 0 spiro atoms. The molecule has 4 rings (SSSR count). The molecule has 2 aromatic heterocycles. The van der Waals surface area contributed by atoms with E-state index in [9.17, 15) is 4.79 Å². The number of carbonyl (C=O) groups is 1. The molecule has 0 bridgehead atoms. The van der Waals surface area contributed by atoms with Gasteiger partial charge in [0.1, 0.15) is 17.1 Å². The highest BCUT2D eigenvalue weighted by molar-refractivity contribution is 8.00. The van der Waals surface area contributed by atoms with Crippen LogP contribution in [-0.4, -0.2) is 43.7 Å². The molecule has 0 saturated carbocycles. The molecular formula is C20H17ClN6O2S. The third-order valence-electron chi connectivity index (χ3n) is 4.30. The number of hydrogen-bond acceptors (Lipinski definition) is 7. The fraction of sp³-hybridized carbons (Fsp3) is 0.150. The molecule has 0 saturated heterocycles. The van der Waals surface area contributed by atoms with Crippen molar-refractivity contribution in [3.05, 3.63) is 59.4 Å². The lowest BCUT2D eigenvalue weighted by Crippen LogP contribution is -2.14. The first-order valence-electron chi connectivity index (χ1n) is 8.95. The average molecular weight is 441 g/mol. The van der Waals surface area contributed by atoms with Gasteiger partial charge in [-0.1, -0.05) is 40.7 Å². The Labute approximate surface area is 181 Å². The van der Waals surface area contributed by atoms with Crippen molar-refractivity contribution in [2.24, 2.45) is 0 Å². The third kappa shape index (κ3) is 4.22. The lowest BCUT2D eigenvalue weighted by Gasteiger charge is -2.07. The van der Waals surface area contributed by atoms with E-state index in [4.69, 9.17) is 16.3 Å². The summed E-state index contributed by atoms with van der Waals surface area (Å²) in [6.07, 6.45) is 1.43. The molecule has 1 N–H and O–H groups in total. The van der Waals surface area contributed by atoms with E-state index in [1.807, 2.05) is 43.3 Å². The summed E-state index contributed by atoms with van der Waals surface area (Å²) in [5.74, 6) is 0.684. The van der Waals surface area contributed by atoms with Crippen molar-refractivity contribution in [1.82, 2.24) is 25.0 Å². The van der Waals surface area contributed by atoms with E-state index >= 15 is 0 Å². The largest absolute Gasteiger partial charge is 0.497 e. The van der Waals surface area contributed by atoms with Gasteiger partial charge in [-0.25, -0.2) is 9.97 Å². The van der Waals surface area contributed by atoms with Crippen LogP contribution in [0.1, 0.15) is 5.56 Å². The summed E-state index contributed by atoms with van der Waals surface area (Å²) < 4.78 is 6.87. The zero-order chi connectivity index (χ0) is 21.1. The molecule has 2 aromatic carbocycles. The van der Waals surface area contributed by atoms with E-state index < -0.39 is 0 Å². The number of carbonyl (C=O) groups excluding carboxylic acids is 1. The van der Waals surface area contributed by atoms with Gasteiger partial charge >= 0.3 is 0 Å². The molecule has 2 heterocycles. The van der Waals surface area contributed by atoms with E-state index in [0.717, 1.165) is 11.3 Å². The molecule has 0 aliphatic carbocycles. The number of fused-ring (bicyclic) bond motifs is 1. The lowest BCUT2D eigenvalue weighted by atomic mass is 10.2. The van der Waals surface area contributed by atoms with Crippen molar-refractivity contribution in [1.29, 1.82) is 0 Å². The standard InChI is InChI=1S/C20H17ClN6O2S/c1-12-6-7-13(8-16(12)21)24-17(28)10-30-20-18-19(22-11-23-20)27(26-25-18)14-4-3-5-15(9-14)29-2/h3-9,11H,10H2,1-2H3,(H,24,28). The Morgan fingerprint density at radius 3 is 2.90 bits per heavy atom. The highest BCUT2D eigenvalue weighted by Crippen LogP contribution is 2.26. The van der Waals surface area contributed by atoms with Crippen molar-refractivity contribution in [3.63, 3.8) is 0 Å². The van der Waals surface area contributed by atoms with Gasteiger partial charge in [-0.15, -0.1) is 5.10 Å². The highest BCUT2D eigenvalue weighted by atomic mass is 35.5. The van der Waals surface area contributed by atoms with Crippen LogP contribution in [0.5, 0.6) is 5.75 Å². The summed E-state index contributed by atoms with van der Waals surface area (Å²) in [5, 5.41) is 12.4. The summed E-state index contributed by atoms with van der Waals surface area (Å²) in [5.41, 5.74) is 3.43. The van der Waals surface area contributed by atoms with Crippen LogP contribution >= 0.6 is 23.4 Å². The smallest absolute Gasteiger partial charge is 0.234 e. The Morgan fingerprint density at radius 1 is 1.23 bits per heavy atom. The second kappa shape index (κ2) is 8.68. The SMILES string of the molecule is COc1cccc(-n2nnc3c(SCC(=O)Nc4ccc(C)c(Cl)c4)ncnc32)c1. The van der Waals surface area contributed by atoms with Crippen molar-refractivity contribution in [2.75, 3.05) is 18.2 Å². The minimum absolute atomic E-state index is 0.156. The number of benzene rings is 2. The quantitative estimate of drug-likeness (QED) is 0.358. The molecule has 0 aliphatic heterocycles. The average Bonchev–Trinajstić information content (AvgIpc) is 3.20. The number of ether oxygens (including phenoxy) is 1. The number of anilines is 1. The van der Waals surface area contributed by atoms with E-state index in [1.54, 1.807) is 17.9 Å². The maximum absolute atomic E-state index is 12.3. The fourth-order valence-corrected chi connectivity index (χ4v) is 3.66. The second-order valence-corrected chi connectivity index (χ2v) is 7.73. The molecule has 4 aromatic rings. The molecule has 30 heavy (non-hydrogen) atoms. The number of methoxy groups -OCH3 is 1. The number of aryl methyl sites for hydroxylation is 1. The third-order valence-corrected chi connectivity index (χ3v) is 5.68. The fourth-order valence-electron chi connectivity index (χ4n) is 2.75. The Morgan fingerprint density at radius 2 is 2.10 bits per heavy atom. The van der Waals surface area contributed by atoms with Gasteiger partial charge in [0, 0.05) is 16.8 Å². The minimum atomic E-state index is -0.174. The zero-order valence-corrected chi connectivity index (χ0v) is 17.7. The van der Waals surface area contributed by atoms with Gasteiger partial charge in [0.05, 0.1) is 18.6 Å². The lowest BCUT2D eigenvalue weighted by molar-refractivity contribution is -0.113. The predicted molar refractivity (Wildman–Crippen MR) is 117 cm³/mol. The van der Waals surface area contributed by atoms with Crippen molar-refractivity contribution in [2.45, 2.75) is 11.9 Å². The van der Waals surface area contributed by atoms with Crippen LogP contribution in [-0.2, 0) is 4.79 Å². The van der Waals surface area contributed by atoms with Gasteiger partial charge in [-0.2, -0.15) is 4.68 Å². The van der Waals surface area contributed by atoms with Crippen molar-refractivity contribution >= 4 is 46.1 Å². The van der Waals surface area contributed by atoms with Crippen LogP contribution in [0.4, 0.5) is 5.69 Å². The normalized spacial score (nSPS) is 10.9. The number of hydrogen-bond donors (Lipinski definition) is 1. The van der Waals surface area contributed by atoms with Crippen LogP contribution in [0.2, 0.25) is 5.02 Å². The van der Waals surface area contributed by atoms with E-state index in [-0.39, 0.29) is 11.7 Å². The predicted octanol–water partition coefficient (Wildman–Crippen LogP) is 3.91. The second-order valence-electron chi connectivity index (χ2n) is 6.35. The first-order valence-corrected chi connectivity index (χ1v) is 10.3. The van der Waals surface area contributed by atoms with Gasteiger partial charge in [-0.05, 0) is 36.8 Å². The monoisotopic (exact) mass is 440 g/mol. The summed E-state index contributed by atoms with van der Waals surface area (Å²) in [7, 11) is 1.60. The molecule has 0 radical (unpaired) electrons. The number of nitrogens with one attached hydrogen (secondary N) is 1. The van der Waals surface area contributed by atoms with Gasteiger partial charge in [0.25, 0.3) is 0 Å². The highest BCUT2D eigenvalue weighted by Gasteiger charge is 2.15. The molecular weight excluding hydrogens is 424 g/mol. The molecule has 0 aliphatic rings. The first kappa shape index (κ1) is 20.1. The van der Waals surface area contributed by atoms with Gasteiger partial charge in [-0.3, -0.25) is 4.79 Å². The van der Waals surface area contributed by atoms with Crippen LogP contribution in [0.25, 0.3) is 16.9 Å². The van der Waals surface area contributed by atoms with Gasteiger partial charge in [0.15, 0.2) is 11.2 Å². The van der Waals surface area contributed by atoms with Crippen LogP contribution in [0.3, 0.4) is 0 Å². The van der Waals surface area contributed by atoms with E-state index in [1.165, 1.54) is 18.1 Å². The Balaban J connectivity index is 1.51. The molecule has 152 valence electrons. The Bertz CT molecular complexity index is 1230. The summed E-state index contributed by atoms with van der Waals surface area (Å²) in [6.45, 7) is 1.91. The minimum Gasteiger partial charge on any atom is -0.497 e. The zero-order valence-electron chi connectivity index (χ0n) is 16.2. The maximum Gasteiger partial charge on any atom is 0.234 e. The topological polar surface area (TPSA) is 94.8 Å². The summed E-state index contributed by atoms with van der Waals surface area (Å²) in [6, 6.07) is 12.8. The van der Waals surface area contributed by atoms with Crippen LogP contribution in [0, 0.1) is 6.92 Å². The number of aromatic nitrogens is 5. The number of nitrogens with zero attached hydrogens (tertiary/aromatic N) is 5.